The van der Waals surface area contributed by atoms with Crippen molar-refractivity contribution in [3.63, 3.8) is 0 Å². The third-order valence-corrected chi connectivity index (χ3v) is 42.2. The Balaban J connectivity index is 0.00000103. The maximum Gasteiger partial charge on any atom is 0.337 e. The van der Waals surface area contributed by atoms with Gasteiger partial charge in [0.05, 0.1) is 153 Å². The summed E-state index contributed by atoms with van der Waals surface area (Å²) in [6.45, 7) is 17.8. The second kappa shape index (κ2) is 58.5. The van der Waals surface area contributed by atoms with Gasteiger partial charge in [-0.3, -0.25) is 38.4 Å². The van der Waals surface area contributed by atoms with Crippen LogP contribution in [0.15, 0.2) is 0 Å². The van der Waals surface area contributed by atoms with E-state index in [4.69, 9.17) is 88.5 Å². The standard InChI is InChI=1S/C40H76N4O12Si4.C24H44N4O12.C4H10Cl2Si.CH4.B6.B3/c1-9-57(10-2)49-25-17-41(18-26-50-57)37(45)33-34(38(46)42-19-27-51-58(11-3,12-4)52-28-20-42)36(40(48)44-23-31-55-60(15-7,16-8)56-32-24-44)35(33)39(47)43-21-29-53-59(13-5,14-6)54-30-22-43;29-9-1-25(2-10-30)21(37)17-18(22(38)26(3-11-31)4-12-32)20(24(40)28(7-15-35)8-16-36)19(17)23(39)27(5-13-33)6-14-34;1-3-7(5,6)4-2;;1-5(2)6(3)4;1-3-2/h33-36H,9-32H2,1-8H3;17-20,29-36H,1-16H2;3-4H2,1-2H3;1H4;;. The van der Waals surface area contributed by atoms with E-state index in [1.807, 2.05) is 13.8 Å². The zero-order valence-electron chi connectivity index (χ0n) is 70.5. The lowest BCUT2D eigenvalue weighted by atomic mass is 8.81. The average molecular weight is 1770 g/mol. The molecule has 0 spiro atoms. The molecule has 6 fully saturated rings. The van der Waals surface area contributed by atoms with Gasteiger partial charge in [-0.15, -0.1) is 22.2 Å². The van der Waals surface area contributed by atoms with Crippen LogP contribution in [0.1, 0.15) is 76.7 Å². The van der Waals surface area contributed by atoms with Crippen molar-refractivity contribution in [1.29, 1.82) is 0 Å². The second-order valence-electron chi connectivity index (χ2n) is 28.8. The number of carbonyl (C=O) groups excluding carboxylic acids is 8. The van der Waals surface area contributed by atoms with Gasteiger partial charge in [-0.2, -0.15) is 0 Å². The Morgan fingerprint density at radius 3 is 0.564 bits per heavy atom. The molecule has 32 nitrogen and oxygen atoms in total. The first kappa shape index (κ1) is 112. The molecule has 8 N–H and O–H groups in total. The Kier molecular flexibility index (Phi) is 56.2. The number of aliphatic hydroxyl groups excluding tert-OH is 8. The monoisotopic (exact) mass is 1770 g/mol. The van der Waals surface area contributed by atoms with Crippen LogP contribution in [0.3, 0.4) is 0 Å². The molecule has 8 amide bonds. The Morgan fingerprint density at radius 1 is 0.333 bits per heavy atom. The summed E-state index contributed by atoms with van der Waals surface area (Å²) in [5, 5.41) is 75.8. The highest BCUT2D eigenvalue weighted by Gasteiger charge is 2.67. The summed E-state index contributed by atoms with van der Waals surface area (Å²) in [6.07, 6.45) is -1.19. The molecule has 48 heteroatoms. The highest BCUT2D eigenvalue weighted by atomic mass is 35.7. The van der Waals surface area contributed by atoms with Gasteiger partial charge >= 0.3 is 34.2 Å². The fourth-order valence-electron chi connectivity index (χ4n) is 15.0. The number of aliphatic hydroxyl groups is 8. The molecule has 0 bridgehead atoms. The van der Waals surface area contributed by atoms with E-state index in [1.54, 1.807) is 19.6 Å². The van der Waals surface area contributed by atoms with Gasteiger partial charge in [0.1, 0.15) is 0 Å². The maximum absolute atomic E-state index is 15.1. The Labute approximate surface area is 721 Å². The highest BCUT2D eigenvalue weighted by molar-refractivity contribution is 7.76. The lowest BCUT2D eigenvalue weighted by Gasteiger charge is -2.53. The van der Waals surface area contributed by atoms with Gasteiger partial charge in [0.2, 0.25) is 47.3 Å². The maximum atomic E-state index is 15.1. The molecule has 6 aliphatic rings. The molecule has 4 aliphatic heterocycles. The Morgan fingerprint density at radius 2 is 0.470 bits per heavy atom. The summed E-state index contributed by atoms with van der Waals surface area (Å²) in [7, 11) is 20.3. The summed E-state index contributed by atoms with van der Waals surface area (Å²) < 4.78 is 51.0. The van der Waals surface area contributed by atoms with Crippen LogP contribution in [0.5, 0.6) is 0 Å². The van der Waals surface area contributed by atoms with Gasteiger partial charge in [0.15, 0.2) is 0 Å². The van der Waals surface area contributed by atoms with Crippen LogP contribution in [0.25, 0.3) is 0 Å². The van der Waals surface area contributed by atoms with Gasteiger partial charge in [-0.25, -0.2) is 0 Å². The van der Waals surface area contributed by atoms with Gasteiger partial charge in [0.25, 0.3) is 6.69 Å². The summed E-state index contributed by atoms with van der Waals surface area (Å²) in [5.41, 5.74) is 0. The number of hydrogen-bond acceptors (Lipinski definition) is 24. The van der Waals surface area contributed by atoms with Gasteiger partial charge in [-0.1, -0.05) is 76.7 Å². The van der Waals surface area contributed by atoms with E-state index in [0.29, 0.717) is 105 Å². The Hall–Kier alpha value is -2.63. The van der Waals surface area contributed by atoms with Crippen molar-refractivity contribution in [2.45, 2.75) is 137 Å². The first-order valence-corrected chi connectivity index (χ1v) is 54.6. The van der Waals surface area contributed by atoms with Crippen molar-refractivity contribution in [2.75, 3.05) is 210 Å². The number of rotatable bonds is 35. The fraction of sp³-hybridized carbons (Fsp3) is 0.884. The minimum absolute atomic E-state index is 0. The normalized spacial score (nSPS) is 22.9. The SMILES string of the molecule is C.CC[Si](Cl)(Cl)CC.CC[Si]1(CC)OCCN(C(=O)C2C(C(=O)N3CCO[Si](CC)(CC)OCC3)C(C(=O)N3CCO[Si](CC)(CC)OCC3)C2C(=O)N2CCO[Si](CC)(CC)OCC2)CCO1.O=C(C1C(C(=O)N(CCO)CCO)C(C(=O)N(CCO)CCO)C1C(=O)N(CCO)CCO)N(CCO)CCO.[B]B([B])B([B])[B].[B][B][B]. The summed E-state index contributed by atoms with van der Waals surface area (Å²) in [6, 6.07) is 8.35. The molecule has 0 aromatic carbocycles. The molecule has 0 unspecified atom stereocenters. The summed E-state index contributed by atoms with van der Waals surface area (Å²) in [4.78, 5) is 126. The van der Waals surface area contributed by atoms with E-state index in [-0.39, 0.29) is 83.4 Å². The zero-order chi connectivity index (χ0) is 87.6. The van der Waals surface area contributed by atoms with Crippen LogP contribution in [-0.2, 0) is 73.8 Å². The van der Waals surface area contributed by atoms with Crippen molar-refractivity contribution in [3.05, 3.63) is 0 Å². The molecule has 0 atom stereocenters. The smallest absolute Gasteiger partial charge is 0.337 e. The quantitative estimate of drug-likeness (QED) is 0.0246. The van der Waals surface area contributed by atoms with Gasteiger partial charge in [-0.05, 0) is 60.4 Å². The molecular weight excluding hydrogens is 1630 g/mol. The van der Waals surface area contributed by atoms with Crippen molar-refractivity contribution in [1.82, 2.24) is 39.2 Å². The van der Waals surface area contributed by atoms with Crippen molar-refractivity contribution >= 4 is 177 Å². The largest absolute Gasteiger partial charge is 0.395 e. The highest BCUT2D eigenvalue weighted by Crippen LogP contribution is 2.52. The lowest BCUT2D eigenvalue weighted by Crippen LogP contribution is -2.69. The van der Waals surface area contributed by atoms with E-state index in [1.165, 1.54) is 0 Å². The number of amides is 8. The van der Waals surface area contributed by atoms with Crippen LogP contribution in [-0.4, -0.2) is 445 Å². The molecule has 13 radical (unpaired) electrons. The lowest BCUT2D eigenvalue weighted by molar-refractivity contribution is -0.184. The predicted molar refractivity (Wildman–Crippen MR) is 469 cm³/mol. The minimum atomic E-state index is -2.39. The van der Waals surface area contributed by atoms with Gasteiger partial charge < -0.3 is 115 Å². The first-order valence-electron chi connectivity index (χ1n) is 41.2. The molecule has 0 aromatic heterocycles. The molecule has 4 heterocycles. The van der Waals surface area contributed by atoms with Crippen molar-refractivity contribution < 1.29 is 115 Å². The molecule has 2 aliphatic carbocycles. The van der Waals surface area contributed by atoms with E-state index < -0.39 is 178 Å². The first-order chi connectivity index (χ1) is 55.3. The summed E-state index contributed by atoms with van der Waals surface area (Å²) >= 11 is 11.6. The number of nitrogens with zero attached hydrogens (tertiary/aromatic N) is 8. The van der Waals surface area contributed by atoms with Crippen molar-refractivity contribution in [3.8, 4) is 0 Å². The summed E-state index contributed by atoms with van der Waals surface area (Å²) in [5.74, 6) is -14.8. The third kappa shape index (κ3) is 32.7. The fourth-order valence-corrected chi connectivity index (χ4v) is 24.9. The molecule has 655 valence electrons. The molecular formula is C69H134B9Cl2N8O24Si5. The molecule has 4 saturated heterocycles. The van der Waals surface area contributed by atoms with Crippen LogP contribution in [0.2, 0.25) is 60.4 Å². The van der Waals surface area contributed by atoms with Crippen LogP contribution >= 0.6 is 22.2 Å². The average Bonchev–Trinajstić information content (AvgIpc) is 0.721. The van der Waals surface area contributed by atoms with Crippen LogP contribution in [0.4, 0.5) is 0 Å². The van der Waals surface area contributed by atoms with Crippen LogP contribution in [0, 0.1) is 47.3 Å². The topological polar surface area (TPSA) is 398 Å². The van der Waals surface area contributed by atoms with Gasteiger partial charge in [0, 0.05) is 171 Å². The molecule has 2 saturated carbocycles. The number of carbonyl (C=O) groups is 8. The Bertz CT molecular complexity index is 2460. The molecule has 117 heavy (non-hydrogen) atoms. The number of halogens is 2. The van der Waals surface area contributed by atoms with E-state index in [9.17, 15) is 60.0 Å². The number of hydrogen-bond donors (Lipinski definition) is 8. The van der Waals surface area contributed by atoms with E-state index >= 15 is 19.2 Å². The molecule has 0 aromatic rings. The minimum Gasteiger partial charge on any atom is -0.395 e. The zero-order valence-corrected chi connectivity index (χ0v) is 77.0. The van der Waals surface area contributed by atoms with Crippen LogP contribution < -0.4 is 0 Å². The van der Waals surface area contributed by atoms with E-state index in [0.717, 1.165) is 87.1 Å². The predicted octanol–water partition coefficient (Wildman–Crippen LogP) is -2.23. The van der Waals surface area contributed by atoms with Crippen molar-refractivity contribution in [2.24, 2.45) is 47.3 Å². The van der Waals surface area contributed by atoms with E-state index in [2.05, 4.69) is 70.9 Å². The second-order valence-corrected chi connectivity index (χ2v) is 52.1. The third-order valence-electron chi connectivity index (χ3n) is 22.4. The molecule has 6 rings (SSSR count).